The lowest BCUT2D eigenvalue weighted by molar-refractivity contribution is -0.129. The number of hydrogen-bond donors (Lipinski definition) is 2. The summed E-state index contributed by atoms with van der Waals surface area (Å²) >= 11 is 0. The molecule has 0 saturated heterocycles. The van der Waals surface area contributed by atoms with Gasteiger partial charge in [-0.2, -0.15) is 5.10 Å². The van der Waals surface area contributed by atoms with Gasteiger partial charge in [0.1, 0.15) is 11.4 Å². The number of nitrogens with zero attached hydrogens (tertiary/aromatic N) is 2. The van der Waals surface area contributed by atoms with Crippen LogP contribution in [0, 0.1) is 5.82 Å². The van der Waals surface area contributed by atoms with E-state index in [9.17, 15) is 14.0 Å². The zero-order chi connectivity index (χ0) is 21.4. The molecule has 0 unspecified atom stereocenters. The van der Waals surface area contributed by atoms with Gasteiger partial charge in [-0.25, -0.2) is 9.18 Å². The zero-order valence-electron chi connectivity index (χ0n) is 17.4. The van der Waals surface area contributed by atoms with Gasteiger partial charge in [-0.15, -0.1) is 0 Å². The van der Waals surface area contributed by atoms with Crippen LogP contribution in [0.2, 0.25) is 0 Å². The molecule has 1 aromatic carbocycles. The minimum absolute atomic E-state index is 0.0499. The van der Waals surface area contributed by atoms with E-state index in [0.717, 1.165) is 24.1 Å². The third-order valence-electron chi connectivity index (χ3n) is 4.12. The first-order valence-corrected chi connectivity index (χ1v) is 9.65. The number of H-pyrrole nitrogens is 1. The summed E-state index contributed by atoms with van der Waals surface area (Å²) in [5.74, 6) is -0.348. The number of aromatic nitrogens is 2. The van der Waals surface area contributed by atoms with E-state index in [-0.39, 0.29) is 24.7 Å². The van der Waals surface area contributed by atoms with Crippen molar-refractivity contribution in [2.75, 3.05) is 20.1 Å². The van der Waals surface area contributed by atoms with E-state index in [1.807, 2.05) is 6.07 Å². The number of hydrogen-bond acceptors (Lipinski definition) is 4. The van der Waals surface area contributed by atoms with Gasteiger partial charge in [-0.3, -0.25) is 9.89 Å². The van der Waals surface area contributed by atoms with Gasteiger partial charge < -0.3 is 15.0 Å². The number of alkyl carbamates (subject to hydrolysis) is 1. The minimum atomic E-state index is -0.563. The summed E-state index contributed by atoms with van der Waals surface area (Å²) in [5.41, 5.74) is 1.78. The molecule has 2 N–H and O–H groups in total. The molecule has 0 saturated carbocycles. The molecule has 0 aliphatic heterocycles. The Morgan fingerprint density at radius 1 is 1.28 bits per heavy atom. The molecule has 29 heavy (non-hydrogen) atoms. The third kappa shape index (κ3) is 7.93. The maximum atomic E-state index is 13.3. The number of rotatable bonds is 8. The van der Waals surface area contributed by atoms with Crippen molar-refractivity contribution in [1.82, 2.24) is 20.4 Å². The Kier molecular flexibility index (Phi) is 7.75. The maximum Gasteiger partial charge on any atom is 0.407 e. The van der Waals surface area contributed by atoms with E-state index >= 15 is 0 Å². The molecule has 0 atom stereocenters. The number of carbonyl (C=O) groups excluding carboxylic acids is 2. The van der Waals surface area contributed by atoms with Crippen LogP contribution in [0.3, 0.4) is 0 Å². The number of carbonyl (C=O) groups is 2. The van der Waals surface area contributed by atoms with Crippen LogP contribution in [0.15, 0.2) is 30.3 Å². The lowest BCUT2D eigenvalue weighted by Crippen LogP contribution is -2.36. The molecule has 0 aliphatic carbocycles. The topological polar surface area (TPSA) is 87.3 Å². The predicted molar refractivity (Wildman–Crippen MR) is 109 cm³/mol. The number of amides is 2. The van der Waals surface area contributed by atoms with Gasteiger partial charge in [0.2, 0.25) is 5.91 Å². The summed E-state index contributed by atoms with van der Waals surface area (Å²) in [6.45, 7) is 6.17. The van der Waals surface area contributed by atoms with Crippen LogP contribution in [-0.4, -0.2) is 52.8 Å². The van der Waals surface area contributed by atoms with Crippen LogP contribution in [0.1, 0.15) is 39.3 Å². The highest BCUT2D eigenvalue weighted by Gasteiger charge is 2.16. The van der Waals surface area contributed by atoms with Crippen LogP contribution >= 0.6 is 0 Å². The standard InChI is InChI=1S/C21H29FN4O3/c1-21(2,3)29-20(28)23-11-10-19(27)26(4)12-6-9-17-14-18(25-24-17)15-7-5-8-16(22)13-15/h5,7-8,13-14H,6,9-12H2,1-4H3,(H,23,28)(H,24,25). The van der Waals surface area contributed by atoms with Crippen molar-refractivity contribution in [3.05, 3.63) is 41.8 Å². The van der Waals surface area contributed by atoms with Crippen molar-refractivity contribution in [1.29, 1.82) is 0 Å². The highest BCUT2D eigenvalue weighted by molar-refractivity contribution is 5.77. The van der Waals surface area contributed by atoms with E-state index in [1.54, 1.807) is 44.9 Å². The smallest absolute Gasteiger partial charge is 0.407 e. The second-order valence-electron chi connectivity index (χ2n) is 7.89. The first-order valence-electron chi connectivity index (χ1n) is 9.65. The molecule has 2 aromatic rings. The minimum Gasteiger partial charge on any atom is -0.444 e. The average molecular weight is 404 g/mol. The summed E-state index contributed by atoms with van der Waals surface area (Å²) in [4.78, 5) is 25.4. The van der Waals surface area contributed by atoms with Gasteiger partial charge in [0.15, 0.2) is 0 Å². The maximum absolute atomic E-state index is 13.3. The molecule has 1 aromatic heterocycles. The number of benzene rings is 1. The fraction of sp³-hybridized carbons (Fsp3) is 0.476. The molecule has 0 fully saturated rings. The summed E-state index contributed by atoms with van der Waals surface area (Å²) in [6.07, 6.45) is 1.16. The molecule has 2 amide bonds. The molecule has 7 nitrogen and oxygen atoms in total. The largest absolute Gasteiger partial charge is 0.444 e. The van der Waals surface area contributed by atoms with E-state index in [2.05, 4.69) is 15.5 Å². The number of halogens is 1. The summed E-state index contributed by atoms with van der Waals surface area (Å²) in [6, 6.07) is 8.18. The Balaban J connectivity index is 1.69. The normalized spacial score (nSPS) is 11.2. The molecular formula is C21H29FN4O3. The van der Waals surface area contributed by atoms with Gasteiger partial charge >= 0.3 is 6.09 Å². The van der Waals surface area contributed by atoms with E-state index < -0.39 is 11.7 Å². The fourth-order valence-electron chi connectivity index (χ4n) is 2.69. The monoisotopic (exact) mass is 404 g/mol. The van der Waals surface area contributed by atoms with Crippen LogP contribution in [0.25, 0.3) is 11.3 Å². The Labute approximate surface area is 170 Å². The lowest BCUT2D eigenvalue weighted by atomic mass is 10.1. The first kappa shape index (κ1) is 22.4. The average Bonchev–Trinajstić information content (AvgIpc) is 3.09. The Hall–Kier alpha value is -2.90. The highest BCUT2D eigenvalue weighted by atomic mass is 19.1. The van der Waals surface area contributed by atoms with Crippen molar-refractivity contribution in [3.8, 4) is 11.3 Å². The van der Waals surface area contributed by atoms with Crippen molar-refractivity contribution in [2.24, 2.45) is 0 Å². The van der Waals surface area contributed by atoms with Gasteiger partial charge in [0.25, 0.3) is 0 Å². The van der Waals surface area contributed by atoms with Gasteiger partial charge in [0, 0.05) is 37.8 Å². The van der Waals surface area contributed by atoms with Crippen LogP contribution in [0.4, 0.5) is 9.18 Å². The molecule has 0 aliphatic rings. The number of aromatic amines is 1. The second-order valence-corrected chi connectivity index (χ2v) is 7.89. The summed E-state index contributed by atoms with van der Waals surface area (Å²) < 4.78 is 18.5. The van der Waals surface area contributed by atoms with E-state index in [1.165, 1.54) is 12.1 Å². The molecule has 8 heteroatoms. The lowest BCUT2D eigenvalue weighted by Gasteiger charge is -2.20. The predicted octanol–water partition coefficient (Wildman–Crippen LogP) is 3.52. The van der Waals surface area contributed by atoms with Gasteiger partial charge in [-0.1, -0.05) is 12.1 Å². The zero-order valence-corrected chi connectivity index (χ0v) is 17.4. The molecular weight excluding hydrogens is 375 g/mol. The quantitative estimate of drug-likeness (QED) is 0.705. The van der Waals surface area contributed by atoms with Crippen molar-refractivity contribution < 1.29 is 18.7 Å². The summed E-state index contributed by atoms with van der Waals surface area (Å²) in [5, 5.41) is 9.75. The molecule has 0 radical (unpaired) electrons. The Morgan fingerprint density at radius 3 is 2.72 bits per heavy atom. The van der Waals surface area contributed by atoms with E-state index in [0.29, 0.717) is 12.2 Å². The Morgan fingerprint density at radius 2 is 2.03 bits per heavy atom. The van der Waals surface area contributed by atoms with E-state index in [4.69, 9.17) is 4.74 Å². The fourth-order valence-corrected chi connectivity index (χ4v) is 2.69. The van der Waals surface area contributed by atoms with Crippen LogP contribution < -0.4 is 5.32 Å². The van der Waals surface area contributed by atoms with Crippen LogP contribution in [0.5, 0.6) is 0 Å². The number of nitrogens with one attached hydrogen (secondary N) is 2. The number of ether oxygens (including phenoxy) is 1. The molecule has 0 spiro atoms. The number of aryl methyl sites for hydroxylation is 1. The van der Waals surface area contributed by atoms with Crippen molar-refractivity contribution in [2.45, 2.75) is 45.6 Å². The Bertz CT molecular complexity index is 829. The van der Waals surface area contributed by atoms with Gasteiger partial charge in [-0.05, 0) is 51.8 Å². The molecule has 0 bridgehead atoms. The molecule has 2 rings (SSSR count). The SMILES string of the molecule is CN(CCCc1cc(-c2cccc(F)c2)n[nH]1)C(=O)CCNC(=O)OC(C)(C)C. The molecule has 158 valence electrons. The van der Waals surface area contributed by atoms with Crippen LogP contribution in [-0.2, 0) is 16.0 Å². The molecule has 1 heterocycles. The summed E-state index contributed by atoms with van der Waals surface area (Å²) in [7, 11) is 1.74. The van der Waals surface area contributed by atoms with Crippen molar-refractivity contribution >= 4 is 12.0 Å². The highest BCUT2D eigenvalue weighted by Crippen LogP contribution is 2.19. The van der Waals surface area contributed by atoms with Gasteiger partial charge in [0.05, 0.1) is 5.69 Å². The first-order chi connectivity index (χ1) is 13.6. The second kappa shape index (κ2) is 10.0. The third-order valence-corrected chi connectivity index (χ3v) is 4.12. The van der Waals surface area contributed by atoms with Crippen molar-refractivity contribution in [3.63, 3.8) is 0 Å².